The first-order chi connectivity index (χ1) is 7.81. The van der Waals surface area contributed by atoms with Crippen LogP contribution in [0.3, 0.4) is 0 Å². The van der Waals surface area contributed by atoms with Crippen LogP contribution >= 0.6 is 12.2 Å². The van der Waals surface area contributed by atoms with Crippen molar-refractivity contribution >= 4 is 29.0 Å². The number of nitrogens with zero attached hydrogens (tertiary/aromatic N) is 1. The van der Waals surface area contributed by atoms with Crippen LogP contribution in [0.4, 0.5) is 0 Å². The van der Waals surface area contributed by atoms with Crippen molar-refractivity contribution in [3.63, 3.8) is 0 Å². The Balaban J connectivity index is 4.88. The number of nitrogens with two attached hydrogens (primary N) is 1. The van der Waals surface area contributed by atoms with Crippen LogP contribution in [0.5, 0.6) is 0 Å². The molecule has 0 fully saturated rings. The quantitative estimate of drug-likeness (QED) is 0.146. The highest BCUT2D eigenvalue weighted by atomic mass is 32.1. The average Bonchev–Trinajstić information content (AvgIpc) is 2.25. The first-order valence-corrected chi connectivity index (χ1v) is 4.73. The molecule has 98 valence electrons. The maximum absolute atomic E-state index is 10.7. The number of carbonyl (C=O) groups is 1. The number of rotatable bonds is 6. The van der Waals surface area contributed by atoms with Crippen molar-refractivity contribution in [1.29, 1.82) is 0 Å². The predicted octanol–water partition coefficient (Wildman–Crippen LogP) is -3.66. The number of hydrogen-bond acceptors (Lipinski definition) is 7. The number of nitrogens with one attached hydrogen (secondary N) is 1. The summed E-state index contributed by atoms with van der Waals surface area (Å²) in [7, 11) is 0. The molecule has 0 aromatic rings. The largest absolute Gasteiger partial charge is 0.477 e. The summed E-state index contributed by atoms with van der Waals surface area (Å²) < 4.78 is 0. The van der Waals surface area contributed by atoms with Crippen molar-refractivity contribution in [3.05, 3.63) is 0 Å². The van der Waals surface area contributed by atoms with Crippen LogP contribution < -0.4 is 11.2 Å². The van der Waals surface area contributed by atoms with Crippen LogP contribution in [0.1, 0.15) is 0 Å². The molecule has 0 aliphatic rings. The lowest BCUT2D eigenvalue weighted by atomic mass is 10.0. The molecule has 0 aliphatic carbocycles. The average molecular weight is 267 g/mol. The number of aliphatic hydroxyl groups is 4. The van der Waals surface area contributed by atoms with Gasteiger partial charge >= 0.3 is 5.97 Å². The zero-order valence-electron chi connectivity index (χ0n) is 8.52. The fourth-order valence-corrected chi connectivity index (χ4v) is 0.882. The topological polar surface area (TPSA) is 169 Å². The number of aliphatic carboxylic acids is 1. The van der Waals surface area contributed by atoms with E-state index in [0.717, 1.165) is 0 Å². The van der Waals surface area contributed by atoms with Gasteiger partial charge in [-0.25, -0.2) is 4.79 Å². The van der Waals surface area contributed by atoms with E-state index in [1.165, 1.54) is 0 Å². The van der Waals surface area contributed by atoms with Gasteiger partial charge < -0.3 is 31.3 Å². The Morgan fingerprint density at radius 3 is 2.29 bits per heavy atom. The van der Waals surface area contributed by atoms with Gasteiger partial charge in [-0.3, -0.25) is 5.43 Å². The molecule has 0 saturated heterocycles. The van der Waals surface area contributed by atoms with Crippen LogP contribution in [-0.4, -0.2) is 67.2 Å². The van der Waals surface area contributed by atoms with Gasteiger partial charge in [0.2, 0.25) is 0 Å². The molecular formula is C7H13N3O6S. The Morgan fingerprint density at radius 1 is 1.41 bits per heavy atom. The number of carboxylic acid groups (broad SMARTS) is 1. The second-order valence-corrected chi connectivity index (χ2v) is 3.40. The lowest BCUT2D eigenvalue weighted by molar-refractivity contribution is -0.130. The Kier molecular flexibility index (Phi) is 6.53. The molecular weight excluding hydrogens is 254 g/mol. The maximum atomic E-state index is 10.7. The van der Waals surface area contributed by atoms with Crippen LogP contribution in [0.25, 0.3) is 0 Å². The van der Waals surface area contributed by atoms with Crippen molar-refractivity contribution < 1.29 is 30.3 Å². The van der Waals surface area contributed by atoms with Gasteiger partial charge in [-0.1, -0.05) is 0 Å². The Labute approximate surface area is 101 Å². The van der Waals surface area contributed by atoms with Crippen LogP contribution in [0.2, 0.25) is 0 Å². The standard InChI is InChI=1S/C7H13N3O6S/c8-7(17)10-9-3(6(15)16)5(14)4(13)2(12)1-11/h2,4-5,11-14H,1H2,(H,15,16)(H3,8,10,17)/b9-3+/t2-,4-,5+/m0/s1. The van der Waals surface area contributed by atoms with Crippen molar-refractivity contribution in [2.24, 2.45) is 10.8 Å². The van der Waals surface area contributed by atoms with Gasteiger partial charge in [-0.2, -0.15) is 5.10 Å². The van der Waals surface area contributed by atoms with Gasteiger partial charge in [0.05, 0.1) is 6.61 Å². The van der Waals surface area contributed by atoms with Crippen molar-refractivity contribution in [2.45, 2.75) is 18.3 Å². The Hall–Kier alpha value is -1.33. The summed E-state index contributed by atoms with van der Waals surface area (Å²) in [6, 6.07) is 0. The molecule has 0 aromatic heterocycles. The van der Waals surface area contributed by atoms with Gasteiger partial charge in [0.15, 0.2) is 10.8 Å². The molecule has 0 rings (SSSR count). The number of carboxylic acids is 1. The Morgan fingerprint density at radius 2 is 1.94 bits per heavy atom. The highest BCUT2D eigenvalue weighted by Crippen LogP contribution is 2.02. The summed E-state index contributed by atoms with van der Waals surface area (Å²) in [5, 5.41) is 47.7. The lowest BCUT2D eigenvalue weighted by Gasteiger charge is -2.20. The van der Waals surface area contributed by atoms with E-state index in [9.17, 15) is 15.0 Å². The van der Waals surface area contributed by atoms with Crippen LogP contribution in [0, 0.1) is 0 Å². The van der Waals surface area contributed by atoms with Crippen LogP contribution in [0.15, 0.2) is 5.10 Å². The van der Waals surface area contributed by atoms with Gasteiger partial charge in [0.1, 0.15) is 18.3 Å². The van der Waals surface area contributed by atoms with E-state index >= 15 is 0 Å². The zero-order chi connectivity index (χ0) is 13.6. The van der Waals surface area contributed by atoms with E-state index in [0.29, 0.717) is 0 Å². The third-order valence-corrected chi connectivity index (χ3v) is 1.78. The highest BCUT2D eigenvalue weighted by molar-refractivity contribution is 7.80. The SMILES string of the molecule is NC(=S)N/N=C(/C(=O)O)[C@@H](O)[C@@H](O)[C@@H](O)CO. The summed E-state index contributed by atoms with van der Waals surface area (Å²) in [5.41, 5.74) is 6.01. The number of aliphatic hydroxyl groups excluding tert-OH is 4. The van der Waals surface area contributed by atoms with Crippen molar-refractivity contribution in [2.75, 3.05) is 6.61 Å². The molecule has 0 amide bonds. The van der Waals surface area contributed by atoms with Crippen molar-refractivity contribution in [1.82, 2.24) is 5.43 Å². The molecule has 0 heterocycles. The van der Waals surface area contributed by atoms with E-state index in [1.807, 2.05) is 5.43 Å². The van der Waals surface area contributed by atoms with Gasteiger partial charge in [-0.05, 0) is 12.2 Å². The minimum atomic E-state index is -2.02. The summed E-state index contributed by atoms with van der Waals surface area (Å²) in [6.07, 6.45) is -5.64. The summed E-state index contributed by atoms with van der Waals surface area (Å²) in [6.45, 7) is -0.853. The minimum Gasteiger partial charge on any atom is -0.477 e. The normalized spacial score (nSPS) is 17.1. The van der Waals surface area contributed by atoms with E-state index in [1.54, 1.807) is 0 Å². The number of hydrazone groups is 1. The highest BCUT2D eigenvalue weighted by Gasteiger charge is 2.32. The maximum Gasteiger partial charge on any atom is 0.354 e. The first-order valence-electron chi connectivity index (χ1n) is 4.32. The molecule has 0 spiro atoms. The fourth-order valence-electron chi connectivity index (χ4n) is 0.836. The molecule has 0 bridgehead atoms. The summed E-state index contributed by atoms with van der Waals surface area (Å²) >= 11 is 4.36. The third kappa shape index (κ3) is 5.01. The molecule has 8 N–H and O–H groups in total. The van der Waals surface area contributed by atoms with Gasteiger partial charge in [0, 0.05) is 0 Å². The second-order valence-electron chi connectivity index (χ2n) is 2.96. The second kappa shape index (κ2) is 7.09. The third-order valence-electron chi connectivity index (χ3n) is 1.69. The van der Waals surface area contributed by atoms with E-state index in [-0.39, 0.29) is 5.11 Å². The van der Waals surface area contributed by atoms with E-state index in [2.05, 4.69) is 17.3 Å². The van der Waals surface area contributed by atoms with Gasteiger partial charge in [-0.15, -0.1) is 0 Å². The molecule has 0 radical (unpaired) electrons. The predicted molar refractivity (Wildman–Crippen MR) is 60.1 cm³/mol. The smallest absolute Gasteiger partial charge is 0.354 e. The number of hydrogen-bond donors (Lipinski definition) is 7. The molecule has 3 atom stereocenters. The zero-order valence-corrected chi connectivity index (χ0v) is 9.33. The molecule has 10 heteroatoms. The molecule has 0 aliphatic heterocycles. The van der Waals surface area contributed by atoms with E-state index < -0.39 is 36.6 Å². The monoisotopic (exact) mass is 267 g/mol. The van der Waals surface area contributed by atoms with Crippen LogP contribution in [-0.2, 0) is 4.79 Å². The van der Waals surface area contributed by atoms with Gasteiger partial charge in [0.25, 0.3) is 0 Å². The lowest BCUT2D eigenvalue weighted by Crippen LogP contribution is -2.47. The van der Waals surface area contributed by atoms with Crippen molar-refractivity contribution in [3.8, 4) is 0 Å². The van der Waals surface area contributed by atoms with E-state index in [4.69, 9.17) is 21.1 Å². The first kappa shape index (κ1) is 15.7. The summed E-state index contributed by atoms with van der Waals surface area (Å²) in [4.78, 5) is 10.7. The molecule has 0 saturated carbocycles. The molecule has 9 nitrogen and oxygen atoms in total. The Bertz CT molecular complexity index is 323. The molecule has 0 aromatic carbocycles. The number of thiocarbonyl (C=S) groups is 1. The fraction of sp³-hybridized carbons (Fsp3) is 0.571. The summed E-state index contributed by atoms with van der Waals surface area (Å²) in [5.74, 6) is -1.65. The molecule has 17 heavy (non-hydrogen) atoms. The molecule has 0 unspecified atom stereocenters. The minimum absolute atomic E-state index is 0.340.